The van der Waals surface area contributed by atoms with E-state index >= 15 is 0 Å². The Balaban J connectivity index is 2.07. The summed E-state index contributed by atoms with van der Waals surface area (Å²) >= 11 is 11.9. The van der Waals surface area contributed by atoms with Crippen LogP contribution < -0.4 is 9.62 Å². The number of sulfonamides is 1. The number of carbonyl (C=O) groups excluding carboxylic acids is 1. The predicted octanol–water partition coefficient (Wildman–Crippen LogP) is 3.71. The Morgan fingerprint density at radius 2 is 1.76 bits per heavy atom. The number of hydrogen-bond acceptors (Lipinski definition) is 3. The highest BCUT2D eigenvalue weighted by Crippen LogP contribution is 2.21. The molecule has 0 aliphatic heterocycles. The van der Waals surface area contributed by atoms with Gasteiger partial charge in [0.15, 0.2) is 0 Å². The van der Waals surface area contributed by atoms with E-state index < -0.39 is 10.0 Å². The van der Waals surface area contributed by atoms with Gasteiger partial charge in [0.25, 0.3) is 5.91 Å². The van der Waals surface area contributed by atoms with Crippen molar-refractivity contribution in [1.29, 1.82) is 0 Å². The van der Waals surface area contributed by atoms with Crippen LogP contribution in [0, 0.1) is 0 Å². The lowest BCUT2D eigenvalue weighted by atomic mass is 10.1. The minimum atomic E-state index is -3.35. The molecule has 25 heavy (non-hydrogen) atoms. The summed E-state index contributed by atoms with van der Waals surface area (Å²) in [6.45, 7) is 2.33. The van der Waals surface area contributed by atoms with Gasteiger partial charge in [-0.25, -0.2) is 8.42 Å². The van der Waals surface area contributed by atoms with Crippen LogP contribution in [0.15, 0.2) is 42.5 Å². The second-order valence-electron chi connectivity index (χ2n) is 5.39. The van der Waals surface area contributed by atoms with Crippen LogP contribution in [0.4, 0.5) is 5.69 Å². The van der Waals surface area contributed by atoms with Crippen LogP contribution >= 0.6 is 23.2 Å². The van der Waals surface area contributed by atoms with Gasteiger partial charge in [0.1, 0.15) is 0 Å². The van der Waals surface area contributed by atoms with E-state index in [1.54, 1.807) is 49.4 Å². The Labute approximate surface area is 157 Å². The topological polar surface area (TPSA) is 66.5 Å². The summed E-state index contributed by atoms with van der Waals surface area (Å²) in [4.78, 5) is 12.2. The first-order chi connectivity index (χ1) is 11.7. The molecule has 0 bridgehead atoms. The van der Waals surface area contributed by atoms with Gasteiger partial charge in [-0.05, 0) is 48.9 Å². The lowest BCUT2D eigenvalue weighted by Gasteiger charge is -2.20. The minimum Gasteiger partial charge on any atom is -0.348 e. The molecule has 0 saturated carbocycles. The Hall–Kier alpha value is -1.76. The summed E-state index contributed by atoms with van der Waals surface area (Å²) in [6, 6.07) is 11.4. The van der Waals surface area contributed by atoms with E-state index in [1.807, 2.05) is 0 Å². The molecule has 1 N–H and O–H groups in total. The van der Waals surface area contributed by atoms with Gasteiger partial charge >= 0.3 is 0 Å². The first kappa shape index (κ1) is 19.6. The number of rotatable bonds is 6. The van der Waals surface area contributed by atoms with Crippen molar-refractivity contribution in [3.63, 3.8) is 0 Å². The van der Waals surface area contributed by atoms with Crippen molar-refractivity contribution in [2.75, 3.05) is 17.1 Å². The van der Waals surface area contributed by atoms with Gasteiger partial charge in [-0.3, -0.25) is 9.10 Å². The summed E-state index contributed by atoms with van der Waals surface area (Å²) in [5.41, 5.74) is 1.70. The molecule has 8 heteroatoms. The highest BCUT2D eigenvalue weighted by Gasteiger charge is 2.15. The third-order valence-electron chi connectivity index (χ3n) is 3.56. The molecule has 2 aromatic carbocycles. The zero-order valence-electron chi connectivity index (χ0n) is 13.8. The summed E-state index contributed by atoms with van der Waals surface area (Å²) in [5, 5.41) is 3.78. The van der Waals surface area contributed by atoms with Crippen LogP contribution in [0.1, 0.15) is 22.8 Å². The number of benzene rings is 2. The Bertz CT molecular complexity index is 868. The lowest BCUT2D eigenvalue weighted by molar-refractivity contribution is 0.0951. The fourth-order valence-electron chi connectivity index (χ4n) is 2.33. The van der Waals surface area contributed by atoms with Gasteiger partial charge in [-0.1, -0.05) is 29.3 Å². The molecule has 0 spiro atoms. The van der Waals surface area contributed by atoms with Gasteiger partial charge in [0.2, 0.25) is 10.0 Å². The molecule has 2 aromatic rings. The molecule has 0 aliphatic rings. The average molecular weight is 401 g/mol. The maximum atomic E-state index is 12.2. The molecule has 0 radical (unpaired) electrons. The molecule has 0 atom stereocenters. The number of nitrogens with one attached hydrogen (secondary N) is 1. The van der Waals surface area contributed by atoms with Crippen LogP contribution in [0.5, 0.6) is 0 Å². The fourth-order valence-corrected chi connectivity index (χ4v) is 3.78. The molecule has 1 amide bonds. The molecule has 0 aromatic heterocycles. The largest absolute Gasteiger partial charge is 0.348 e. The van der Waals surface area contributed by atoms with Gasteiger partial charge in [0.05, 0.1) is 11.9 Å². The van der Waals surface area contributed by atoms with Gasteiger partial charge in [-0.2, -0.15) is 0 Å². The third kappa shape index (κ3) is 5.11. The maximum Gasteiger partial charge on any atom is 0.251 e. The predicted molar refractivity (Wildman–Crippen MR) is 102 cm³/mol. The van der Waals surface area contributed by atoms with Crippen molar-refractivity contribution in [1.82, 2.24) is 5.32 Å². The van der Waals surface area contributed by atoms with Crippen molar-refractivity contribution in [3.8, 4) is 0 Å². The normalized spacial score (nSPS) is 11.2. The minimum absolute atomic E-state index is 0.265. The molecule has 0 aliphatic carbocycles. The van der Waals surface area contributed by atoms with E-state index in [0.717, 1.165) is 11.8 Å². The monoisotopic (exact) mass is 400 g/mol. The first-order valence-corrected chi connectivity index (χ1v) is 10.1. The lowest BCUT2D eigenvalue weighted by Crippen LogP contribution is -2.29. The summed E-state index contributed by atoms with van der Waals surface area (Å²) in [5.74, 6) is -0.278. The maximum absolute atomic E-state index is 12.2. The number of carbonyl (C=O) groups is 1. The highest BCUT2D eigenvalue weighted by molar-refractivity contribution is 7.92. The average Bonchev–Trinajstić information content (AvgIpc) is 2.54. The summed E-state index contributed by atoms with van der Waals surface area (Å²) in [6.07, 6.45) is 1.15. The van der Waals surface area contributed by atoms with E-state index in [4.69, 9.17) is 23.2 Å². The Morgan fingerprint density at radius 3 is 2.28 bits per heavy atom. The van der Waals surface area contributed by atoms with Crippen LogP contribution in [-0.2, 0) is 16.6 Å². The van der Waals surface area contributed by atoms with Crippen LogP contribution in [0.25, 0.3) is 0 Å². The molecule has 134 valence electrons. The molecule has 0 heterocycles. The number of halogens is 2. The molecule has 5 nitrogen and oxygen atoms in total. The Morgan fingerprint density at radius 1 is 1.12 bits per heavy atom. The molecule has 2 rings (SSSR count). The number of hydrogen-bond donors (Lipinski definition) is 1. The van der Waals surface area contributed by atoms with Crippen molar-refractivity contribution in [3.05, 3.63) is 63.6 Å². The van der Waals surface area contributed by atoms with Gasteiger partial charge < -0.3 is 5.32 Å². The van der Waals surface area contributed by atoms with E-state index in [1.165, 1.54) is 4.31 Å². The van der Waals surface area contributed by atoms with E-state index in [0.29, 0.717) is 27.8 Å². The van der Waals surface area contributed by atoms with Crippen LogP contribution in [0.2, 0.25) is 10.0 Å². The zero-order chi connectivity index (χ0) is 18.6. The van der Waals surface area contributed by atoms with E-state index in [-0.39, 0.29) is 12.5 Å². The number of amides is 1. The van der Waals surface area contributed by atoms with Crippen molar-refractivity contribution >= 4 is 44.8 Å². The van der Waals surface area contributed by atoms with Crippen LogP contribution in [-0.4, -0.2) is 27.1 Å². The molecule has 0 fully saturated rings. The van der Waals surface area contributed by atoms with Gasteiger partial charge in [-0.15, -0.1) is 0 Å². The van der Waals surface area contributed by atoms with Crippen molar-refractivity contribution < 1.29 is 13.2 Å². The third-order valence-corrected chi connectivity index (χ3v) is 5.42. The highest BCUT2D eigenvalue weighted by atomic mass is 35.5. The Kier molecular flexibility index (Phi) is 6.32. The first-order valence-electron chi connectivity index (χ1n) is 7.52. The summed E-state index contributed by atoms with van der Waals surface area (Å²) < 4.78 is 24.7. The quantitative estimate of drug-likeness (QED) is 0.803. The second kappa shape index (κ2) is 8.08. The number of anilines is 1. The molecular formula is C17H18Cl2N2O3S. The van der Waals surface area contributed by atoms with E-state index in [2.05, 4.69) is 5.32 Å². The second-order valence-corrected chi connectivity index (χ2v) is 8.14. The van der Waals surface area contributed by atoms with Crippen LogP contribution in [0.3, 0.4) is 0 Å². The van der Waals surface area contributed by atoms with E-state index in [9.17, 15) is 13.2 Å². The van der Waals surface area contributed by atoms with Gasteiger partial charge in [0, 0.05) is 28.7 Å². The molecule has 0 unspecified atom stereocenters. The SMILES string of the molecule is CCN(c1ccc(C(=O)NCc2ccc(Cl)cc2Cl)cc1)S(C)(=O)=O. The van der Waals surface area contributed by atoms with Crippen molar-refractivity contribution in [2.24, 2.45) is 0 Å². The molecular weight excluding hydrogens is 383 g/mol. The van der Waals surface area contributed by atoms with Crippen molar-refractivity contribution in [2.45, 2.75) is 13.5 Å². The fraction of sp³-hybridized carbons (Fsp3) is 0.235. The molecule has 0 saturated heterocycles. The summed E-state index contributed by atoms with van der Waals surface area (Å²) in [7, 11) is -3.35. The zero-order valence-corrected chi connectivity index (χ0v) is 16.1. The number of nitrogens with zero attached hydrogens (tertiary/aromatic N) is 1. The smallest absolute Gasteiger partial charge is 0.251 e. The standard InChI is InChI=1S/C17H18Cl2N2O3S/c1-3-21(25(2,23)24)15-8-5-12(6-9-15)17(22)20-11-13-4-7-14(18)10-16(13)19/h4-10H,3,11H2,1-2H3,(H,20,22).